The van der Waals surface area contributed by atoms with Gasteiger partial charge in [-0.15, -0.1) is 0 Å². The van der Waals surface area contributed by atoms with Crippen molar-refractivity contribution in [1.29, 1.82) is 0 Å². The molecule has 0 aliphatic carbocycles. The van der Waals surface area contributed by atoms with E-state index < -0.39 is 0 Å². The van der Waals surface area contributed by atoms with E-state index in [4.69, 9.17) is 12.2 Å². The Morgan fingerprint density at radius 3 is 2.80 bits per heavy atom. The van der Waals surface area contributed by atoms with Crippen LogP contribution in [0, 0.1) is 3.95 Å². The zero-order chi connectivity index (χ0) is 7.56. The predicted molar refractivity (Wildman–Crippen MR) is 46.6 cm³/mol. The number of aromatic nitrogens is 2. The second kappa shape index (κ2) is 3.07. The van der Waals surface area contributed by atoms with Crippen molar-refractivity contribution in [2.45, 2.75) is 13.8 Å². The molecule has 0 bridgehead atoms. The maximum absolute atomic E-state index is 4.86. The third kappa shape index (κ3) is 2.04. The first-order valence-corrected chi connectivity index (χ1v) is 4.11. The van der Waals surface area contributed by atoms with Crippen molar-refractivity contribution < 1.29 is 0 Å². The van der Waals surface area contributed by atoms with Crippen molar-refractivity contribution >= 4 is 29.6 Å². The second-order valence-corrected chi connectivity index (χ2v) is 3.87. The van der Waals surface area contributed by atoms with Crippen LogP contribution >= 0.6 is 23.6 Å². The molecule has 10 heavy (non-hydrogen) atoms. The first kappa shape index (κ1) is 7.63. The highest BCUT2D eigenvalue weighted by Crippen LogP contribution is 2.08. The van der Waals surface area contributed by atoms with Gasteiger partial charge in [0.2, 0.25) is 0 Å². The maximum atomic E-state index is 4.86. The summed E-state index contributed by atoms with van der Waals surface area (Å²) in [6, 6.07) is 0. The summed E-state index contributed by atoms with van der Waals surface area (Å²) in [5.74, 6) is 0. The Balaban J connectivity index is 2.97. The molecule has 0 unspecified atom stereocenters. The van der Waals surface area contributed by atoms with Gasteiger partial charge in [0, 0.05) is 0 Å². The van der Waals surface area contributed by atoms with Crippen LogP contribution in [-0.4, -0.2) is 10.2 Å². The molecule has 0 aromatic carbocycles. The van der Waals surface area contributed by atoms with E-state index in [1.54, 1.807) is 0 Å². The summed E-state index contributed by atoms with van der Waals surface area (Å²) in [7, 11) is 0. The van der Waals surface area contributed by atoms with E-state index in [-0.39, 0.29) is 0 Å². The molecule has 0 saturated carbocycles. The number of nitrogens with one attached hydrogen (secondary N) is 1. The van der Waals surface area contributed by atoms with Crippen LogP contribution in [0.3, 0.4) is 0 Å². The standard InChI is InChI=1S/C6H8N2S2/c1-4(2)3-5-7-8-6(9)10-5/h3H,1-2H3,(H,8,9). The van der Waals surface area contributed by atoms with Crippen LogP contribution in [0.15, 0.2) is 5.57 Å². The van der Waals surface area contributed by atoms with E-state index in [1.807, 2.05) is 19.9 Å². The first-order chi connectivity index (χ1) is 4.68. The van der Waals surface area contributed by atoms with Crippen LogP contribution in [-0.2, 0) is 0 Å². The highest BCUT2D eigenvalue weighted by molar-refractivity contribution is 7.73. The minimum atomic E-state index is 0.729. The Hall–Kier alpha value is -0.480. The Kier molecular flexibility index (Phi) is 2.34. The molecule has 0 atom stereocenters. The third-order valence-corrected chi connectivity index (χ3v) is 1.90. The Labute approximate surface area is 68.6 Å². The zero-order valence-corrected chi connectivity index (χ0v) is 7.47. The summed E-state index contributed by atoms with van der Waals surface area (Å²) in [6.45, 7) is 4.06. The van der Waals surface area contributed by atoms with Gasteiger partial charge in [-0.05, 0) is 32.1 Å². The SMILES string of the molecule is CC(C)=Cc1n[nH]c(=S)s1. The highest BCUT2D eigenvalue weighted by Gasteiger charge is 1.90. The molecule has 1 N–H and O–H groups in total. The number of hydrogen-bond donors (Lipinski definition) is 1. The molecule has 1 rings (SSSR count). The van der Waals surface area contributed by atoms with Gasteiger partial charge in [-0.25, -0.2) is 0 Å². The molecule has 0 amide bonds. The van der Waals surface area contributed by atoms with E-state index in [2.05, 4.69) is 10.2 Å². The van der Waals surface area contributed by atoms with Gasteiger partial charge in [0.1, 0.15) is 5.01 Å². The maximum Gasteiger partial charge on any atom is 0.176 e. The normalized spacial score (nSPS) is 9.40. The number of aromatic amines is 1. The van der Waals surface area contributed by atoms with E-state index in [0.29, 0.717) is 0 Å². The van der Waals surface area contributed by atoms with Crippen molar-refractivity contribution in [2.75, 3.05) is 0 Å². The van der Waals surface area contributed by atoms with E-state index in [1.165, 1.54) is 16.9 Å². The van der Waals surface area contributed by atoms with Gasteiger partial charge < -0.3 is 0 Å². The third-order valence-electron chi connectivity index (χ3n) is 0.867. The summed E-state index contributed by atoms with van der Waals surface area (Å²) in [5.41, 5.74) is 1.23. The summed E-state index contributed by atoms with van der Waals surface area (Å²) in [6.07, 6.45) is 2.00. The van der Waals surface area contributed by atoms with E-state index >= 15 is 0 Å². The molecule has 1 heterocycles. The van der Waals surface area contributed by atoms with Gasteiger partial charge in [-0.2, -0.15) is 5.10 Å². The lowest BCUT2D eigenvalue weighted by molar-refractivity contribution is 1.07. The molecular formula is C6H8N2S2. The molecule has 0 saturated heterocycles. The van der Waals surface area contributed by atoms with Crippen LogP contribution in [0.1, 0.15) is 18.9 Å². The average molecular weight is 172 g/mol. The predicted octanol–water partition coefficient (Wildman–Crippen LogP) is 2.62. The Morgan fingerprint density at radius 2 is 2.40 bits per heavy atom. The summed E-state index contributed by atoms with van der Waals surface area (Å²) in [5, 5.41) is 7.63. The van der Waals surface area contributed by atoms with Crippen LogP contribution in [0.2, 0.25) is 0 Å². The van der Waals surface area contributed by atoms with Gasteiger partial charge in [0.25, 0.3) is 0 Å². The summed E-state index contributed by atoms with van der Waals surface area (Å²) >= 11 is 6.34. The molecule has 0 aliphatic heterocycles. The average Bonchev–Trinajstić information content (AvgIpc) is 2.13. The Bertz CT molecular complexity index is 291. The van der Waals surface area contributed by atoms with Crippen LogP contribution in [0.4, 0.5) is 0 Å². The van der Waals surface area contributed by atoms with E-state index in [0.717, 1.165) is 8.96 Å². The van der Waals surface area contributed by atoms with Gasteiger partial charge in [0.05, 0.1) is 0 Å². The van der Waals surface area contributed by atoms with Crippen molar-refractivity contribution in [3.63, 3.8) is 0 Å². The van der Waals surface area contributed by atoms with E-state index in [9.17, 15) is 0 Å². The van der Waals surface area contributed by atoms with Gasteiger partial charge in [0.15, 0.2) is 3.95 Å². The monoisotopic (exact) mass is 172 g/mol. The van der Waals surface area contributed by atoms with Gasteiger partial charge in [-0.1, -0.05) is 16.9 Å². The van der Waals surface area contributed by atoms with Crippen LogP contribution in [0.25, 0.3) is 6.08 Å². The number of rotatable bonds is 1. The topological polar surface area (TPSA) is 28.7 Å². The van der Waals surface area contributed by atoms with Crippen molar-refractivity contribution in [2.24, 2.45) is 0 Å². The highest BCUT2D eigenvalue weighted by atomic mass is 32.1. The van der Waals surface area contributed by atoms with Gasteiger partial charge in [-0.3, -0.25) is 5.10 Å². The number of hydrogen-bond acceptors (Lipinski definition) is 3. The molecule has 1 aromatic heterocycles. The molecule has 0 spiro atoms. The van der Waals surface area contributed by atoms with Crippen molar-refractivity contribution in [3.05, 3.63) is 14.5 Å². The lowest BCUT2D eigenvalue weighted by atomic mass is 10.3. The van der Waals surface area contributed by atoms with Gasteiger partial charge >= 0.3 is 0 Å². The van der Waals surface area contributed by atoms with Crippen molar-refractivity contribution in [3.8, 4) is 0 Å². The first-order valence-electron chi connectivity index (χ1n) is 2.89. The smallest absolute Gasteiger partial charge is 0.176 e. The number of allylic oxidation sites excluding steroid dienone is 1. The van der Waals surface area contributed by atoms with Crippen molar-refractivity contribution in [1.82, 2.24) is 10.2 Å². The zero-order valence-electron chi connectivity index (χ0n) is 5.84. The Morgan fingerprint density at radius 1 is 1.70 bits per heavy atom. The minimum Gasteiger partial charge on any atom is -0.258 e. The largest absolute Gasteiger partial charge is 0.258 e. The fraction of sp³-hybridized carbons (Fsp3) is 0.333. The summed E-state index contributed by atoms with van der Waals surface area (Å²) in [4.78, 5) is 0. The lowest BCUT2D eigenvalue weighted by Gasteiger charge is -1.82. The molecule has 2 nitrogen and oxygen atoms in total. The fourth-order valence-corrected chi connectivity index (χ4v) is 1.52. The fourth-order valence-electron chi connectivity index (χ4n) is 0.550. The minimum absolute atomic E-state index is 0.729. The molecule has 0 aliphatic rings. The van der Waals surface area contributed by atoms with Crippen LogP contribution < -0.4 is 0 Å². The lowest BCUT2D eigenvalue weighted by Crippen LogP contribution is -1.70. The molecule has 0 radical (unpaired) electrons. The molecule has 4 heteroatoms. The summed E-state index contributed by atoms with van der Waals surface area (Å²) < 4.78 is 0.729. The number of H-pyrrole nitrogens is 1. The molecule has 0 fully saturated rings. The molecule has 54 valence electrons. The molecular weight excluding hydrogens is 164 g/mol. The number of nitrogens with zero attached hydrogens (tertiary/aromatic N) is 1. The van der Waals surface area contributed by atoms with Crippen LogP contribution in [0.5, 0.6) is 0 Å². The molecule has 1 aromatic rings. The quantitative estimate of drug-likeness (QED) is 0.660. The second-order valence-electron chi connectivity index (χ2n) is 2.17.